The summed E-state index contributed by atoms with van der Waals surface area (Å²) in [4.78, 5) is 18.8. The Labute approximate surface area is 204 Å². The molecule has 170 valence electrons. The van der Waals surface area contributed by atoms with E-state index in [1.165, 1.54) is 64.2 Å². The summed E-state index contributed by atoms with van der Waals surface area (Å²) < 4.78 is 3.60. The third-order valence-corrected chi connectivity index (χ3v) is 27.4. The second kappa shape index (κ2) is 12.5. The predicted molar refractivity (Wildman–Crippen MR) is 149 cm³/mol. The molecule has 0 unspecified atom stereocenters. The molecule has 0 aliphatic heterocycles. The quantitative estimate of drug-likeness (QED) is 0.149. The van der Waals surface area contributed by atoms with Crippen LogP contribution in [0.4, 0.5) is 0 Å². The van der Waals surface area contributed by atoms with Crippen LogP contribution in [-0.4, -0.2) is 36.8 Å². The van der Waals surface area contributed by atoms with Gasteiger partial charge in [-0.25, -0.2) is 0 Å². The molecule has 0 N–H and O–H groups in total. The van der Waals surface area contributed by atoms with Crippen molar-refractivity contribution in [3.8, 4) is 9.75 Å². The van der Waals surface area contributed by atoms with Gasteiger partial charge in [0.05, 0.1) is 0 Å². The molecule has 0 aliphatic rings. The Hall–Kier alpha value is 0.997. The Morgan fingerprint density at radius 3 is 1.70 bits per heavy atom. The molecule has 0 fully saturated rings. The molecule has 0 aliphatic carbocycles. The van der Waals surface area contributed by atoms with Gasteiger partial charge in [0.25, 0.3) is 0 Å². The van der Waals surface area contributed by atoms with E-state index in [-0.39, 0.29) is 0 Å². The maximum absolute atomic E-state index is 2.64. The molecule has 0 amide bonds. The van der Waals surface area contributed by atoms with Crippen LogP contribution in [0.3, 0.4) is 0 Å². The normalized spacial score (nSPS) is 12.7. The molecule has 0 radical (unpaired) electrons. The molecular weight excluding hydrogens is 614 g/mol. The number of unbranched alkanes of at least 4 members (excludes halogenated alkanes) is 6. The van der Waals surface area contributed by atoms with Gasteiger partial charge in [-0.2, -0.15) is 0 Å². The van der Waals surface area contributed by atoms with Gasteiger partial charge in [-0.05, 0) is 0 Å². The summed E-state index contributed by atoms with van der Waals surface area (Å²) in [6, 6.07) is 5.28. The van der Waals surface area contributed by atoms with Gasteiger partial charge in [0.1, 0.15) is 0 Å². The Morgan fingerprint density at radius 2 is 1.20 bits per heavy atom. The van der Waals surface area contributed by atoms with Gasteiger partial charge < -0.3 is 0 Å². The van der Waals surface area contributed by atoms with Crippen molar-refractivity contribution in [1.82, 2.24) is 0 Å². The van der Waals surface area contributed by atoms with E-state index in [1.54, 1.807) is 23.8 Å². The number of rotatable bonds is 13. The van der Waals surface area contributed by atoms with Crippen LogP contribution >= 0.6 is 22.7 Å². The number of thiophene rings is 2. The van der Waals surface area contributed by atoms with Gasteiger partial charge in [-0.3, -0.25) is 0 Å². The first-order valence-corrected chi connectivity index (χ1v) is 34.0. The monoisotopic (exact) mass is 662 g/mol. The van der Waals surface area contributed by atoms with Crippen molar-refractivity contribution in [3.63, 3.8) is 0 Å². The van der Waals surface area contributed by atoms with E-state index >= 15 is 0 Å². The summed E-state index contributed by atoms with van der Waals surface area (Å²) in [6.45, 7) is 4.63. The van der Waals surface area contributed by atoms with Gasteiger partial charge in [0.15, 0.2) is 0 Å². The van der Waals surface area contributed by atoms with E-state index in [0.717, 1.165) is 0 Å². The van der Waals surface area contributed by atoms with Crippen LogP contribution in [0, 0.1) is 0 Å². The van der Waals surface area contributed by atoms with E-state index in [2.05, 4.69) is 78.3 Å². The maximum atomic E-state index is 2.64. The molecule has 0 spiro atoms. The van der Waals surface area contributed by atoms with Crippen LogP contribution in [0.25, 0.3) is 9.75 Å². The molecule has 0 saturated heterocycles. The predicted octanol–water partition coefficient (Wildman–Crippen LogP) is 8.81. The minimum absolute atomic E-state index is 1.28. The SMILES string of the molecule is CCCCCCc1c[c]([Sn]([CH3])([CH3])[CH3])sc1-c1cc(CCCCCC)[c]([Sn]([CH3])([CH3])[CH3])s1. The second-order valence-electron chi connectivity index (χ2n) is 11.1. The summed E-state index contributed by atoms with van der Waals surface area (Å²) in [5.41, 5.74) is 3.40. The molecule has 0 atom stereocenters. The zero-order valence-corrected chi connectivity index (χ0v) is 28.4. The molecular formula is C26H46S2Sn2. The van der Waals surface area contributed by atoms with Crippen LogP contribution in [0.15, 0.2) is 12.1 Å². The summed E-state index contributed by atoms with van der Waals surface area (Å²) in [5.74, 6) is 0. The first-order valence-electron chi connectivity index (χ1n) is 12.3. The molecule has 0 saturated carbocycles. The van der Waals surface area contributed by atoms with E-state index in [9.17, 15) is 0 Å². The van der Waals surface area contributed by atoms with Gasteiger partial charge in [-0.15, -0.1) is 0 Å². The number of hydrogen-bond acceptors (Lipinski definition) is 2. The van der Waals surface area contributed by atoms with Gasteiger partial charge >= 0.3 is 206 Å². The van der Waals surface area contributed by atoms with E-state index in [0.29, 0.717) is 0 Å². The summed E-state index contributed by atoms with van der Waals surface area (Å²) in [6.07, 6.45) is 13.5. The topological polar surface area (TPSA) is 0 Å². The van der Waals surface area contributed by atoms with E-state index < -0.39 is 36.8 Å². The molecule has 30 heavy (non-hydrogen) atoms. The van der Waals surface area contributed by atoms with Crippen molar-refractivity contribution in [1.29, 1.82) is 0 Å². The van der Waals surface area contributed by atoms with Gasteiger partial charge in [0.2, 0.25) is 0 Å². The summed E-state index contributed by atoms with van der Waals surface area (Å²) in [5, 5.41) is 0. The Bertz CT molecular complexity index is 772. The summed E-state index contributed by atoms with van der Waals surface area (Å²) >= 11 is 0.226. The third-order valence-electron chi connectivity index (χ3n) is 5.86. The fraction of sp³-hybridized carbons (Fsp3) is 0.692. The number of hydrogen-bond donors (Lipinski definition) is 0. The Morgan fingerprint density at radius 1 is 0.633 bits per heavy atom. The van der Waals surface area contributed by atoms with Crippen molar-refractivity contribution in [2.75, 3.05) is 0 Å². The fourth-order valence-electron chi connectivity index (χ4n) is 4.04. The van der Waals surface area contributed by atoms with Crippen molar-refractivity contribution in [2.45, 2.75) is 108 Å². The van der Waals surface area contributed by atoms with Gasteiger partial charge in [0, 0.05) is 0 Å². The molecule has 0 bridgehead atoms. The molecule has 2 heterocycles. The van der Waals surface area contributed by atoms with Crippen LogP contribution in [0.1, 0.15) is 76.3 Å². The number of aryl methyl sites for hydroxylation is 2. The second-order valence-corrected chi connectivity index (χ2v) is 43.9. The van der Waals surface area contributed by atoms with E-state index in [4.69, 9.17) is 0 Å². The zero-order valence-electron chi connectivity index (χ0n) is 21.0. The molecule has 2 aromatic rings. The van der Waals surface area contributed by atoms with Gasteiger partial charge in [-0.1, -0.05) is 0 Å². The van der Waals surface area contributed by atoms with E-state index in [1.807, 2.05) is 2.89 Å². The zero-order chi connectivity index (χ0) is 22.4. The minimum atomic E-state index is -2.10. The van der Waals surface area contributed by atoms with Crippen LogP contribution in [0.2, 0.25) is 29.6 Å². The summed E-state index contributed by atoms with van der Waals surface area (Å²) in [7, 11) is 0. The van der Waals surface area contributed by atoms with Crippen LogP contribution < -0.4 is 5.79 Å². The van der Waals surface area contributed by atoms with Crippen molar-refractivity contribution in [3.05, 3.63) is 23.3 Å². The first kappa shape index (κ1) is 27.2. The average molecular weight is 660 g/mol. The third kappa shape index (κ3) is 8.09. The Kier molecular flexibility index (Phi) is 11.3. The van der Waals surface area contributed by atoms with Crippen molar-refractivity contribution < 1.29 is 0 Å². The molecule has 2 rings (SSSR count). The molecule has 2 aromatic heterocycles. The molecule has 0 aromatic carbocycles. The van der Waals surface area contributed by atoms with Crippen molar-refractivity contribution >= 4 is 65.2 Å². The van der Waals surface area contributed by atoms with Crippen molar-refractivity contribution in [2.24, 2.45) is 0 Å². The average Bonchev–Trinajstić information content (AvgIpc) is 3.26. The molecule has 0 nitrogen and oxygen atoms in total. The standard InChI is InChI=1S/C20H28S2.6CH3.2Sn/c1-3-5-7-9-11-17-15-19(22-16-17)20-18(13-14-21-20)12-10-8-6-4-2;;;;;;;;/h13,15H,3-12H2,1-2H3;6*1H3;;. The molecule has 4 heteroatoms. The van der Waals surface area contributed by atoms with Crippen LogP contribution in [-0.2, 0) is 12.8 Å². The first-order chi connectivity index (χ1) is 14.1. The Balaban J connectivity index is 2.37. The van der Waals surface area contributed by atoms with Crippen LogP contribution in [0.5, 0.6) is 0 Å². The fourth-order valence-corrected chi connectivity index (χ4v) is 18.8.